The van der Waals surface area contributed by atoms with E-state index in [9.17, 15) is 17.6 Å². The molecule has 0 bridgehead atoms. The molecule has 0 radical (unpaired) electrons. The highest BCUT2D eigenvalue weighted by molar-refractivity contribution is 5.91. The minimum Gasteiger partial charge on any atom is -0.354 e. The molecule has 11 heteroatoms. The van der Waals surface area contributed by atoms with Crippen molar-refractivity contribution in [1.82, 2.24) is 29.3 Å². The van der Waals surface area contributed by atoms with E-state index in [1.807, 2.05) is 10.8 Å². The predicted molar refractivity (Wildman–Crippen MR) is 127 cm³/mol. The molecule has 0 aliphatic heterocycles. The Morgan fingerprint density at radius 3 is 2.53 bits per heavy atom. The summed E-state index contributed by atoms with van der Waals surface area (Å²) in [5.41, 5.74) is 1.28. The number of alkyl halides is 3. The molecule has 5 rings (SSSR count). The molecule has 0 spiro atoms. The van der Waals surface area contributed by atoms with Gasteiger partial charge >= 0.3 is 6.18 Å². The normalized spacial score (nSPS) is 11.8. The van der Waals surface area contributed by atoms with Crippen LogP contribution in [-0.2, 0) is 19.8 Å². The number of rotatable bonds is 7. The number of aromatic nitrogens is 6. The first-order chi connectivity index (χ1) is 17.3. The molecule has 0 aliphatic rings. The number of halogens is 4. The fourth-order valence-electron chi connectivity index (χ4n) is 3.95. The van der Waals surface area contributed by atoms with E-state index in [4.69, 9.17) is 0 Å². The highest BCUT2D eigenvalue weighted by Gasteiger charge is 2.31. The lowest BCUT2D eigenvalue weighted by molar-refractivity contribution is -0.137. The van der Waals surface area contributed by atoms with Gasteiger partial charge in [0.15, 0.2) is 5.65 Å². The first-order valence-corrected chi connectivity index (χ1v) is 11.2. The van der Waals surface area contributed by atoms with Crippen molar-refractivity contribution in [2.45, 2.75) is 19.1 Å². The third-order valence-electron chi connectivity index (χ3n) is 5.78. The van der Waals surface area contributed by atoms with Crippen LogP contribution < -0.4 is 5.32 Å². The van der Waals surface area contributed by atoms with E-state index >= 15 is 0 Å². The van der Waals surface area contributed by atoms with Crippen LogP contribution in [0.3, 0.4) is 0 Å². The van der Waals surface area contributed by atoms with Crippen LogP contribution in [0, 0.1) is 5.82 Å². The monoisotopic (exact) mass is 495 g/mol. The lowest BCUT2D eigenvalue weighted by atomic mass is 10.00. The lowest BCUT2D eigenvalue weighted by Gasteiger charge is -2.10. The number of fused-ring (bicyclic) bond motifs is 1. The molecule has 1 N–H and O–H groups in total. The second kappa shape index (κ2) is 9.40. The van der Waals surface area contributed by atoms with Crippen LogP contribution >= 0.6 is 0 Å². The average Bonchev–Trinajstić information content (AvgIpc) is 3.49. The number of anilines is 1. The van der Waals surface area contributed by atoms with Crippen LogP contribution in [0.4, 0.5) is 23.5 Å². The van der Waals surface area contributed by atoms with Crippen molar-refractivity contribution in [2.75, 3.05) is 11.9 Å². The van der Waals surface area contributed by atoms with Gasteiger partial charge in [0.1, 0.15) is 11.5 Å². The molecule has 0 atom stereocenters. The summed E-state index contributed by atoms with van der Waals surface area (Å²) in [5, 5.41) is 8.48. The van der Waals surface area contributed by atoms with E-state index in [1.165, 1.54) is 0 Å². The first-order valence-electron chi connectivity index (χ1n) is 11.2. The Labute approximate surface area is 203 Å². The van der Waals surface area contributed by atoms with Gasteiger partial charge in [0.05, 0.1) is 17.3 Å². The minimum atomic E-state index is -4.55. The molecule has 0 amide bonds. The van der Waals surface area contributed by atoms with Crippen molar-refractivity contribution in [3.63, 3.8) is 0 Å². The standard InChI is InChI=1S/C25H21F4N7/c1-35-23-20(14-32-24(33-23)31-9-2-11-36-12-10-30-15-36)22(34-35)17-5-3-16(4-6-17)19-13-18(25(27,28)29)7-8-21(19)26/h3-8,10,12-15H,2,9,11H2,1H3,(H,31,32,33). The van der Waals surface area contributed by atoms with Crippen LogP contribution in [0.15, 0.2) is 67.4 Å². The number of hydrogen-bond acceptors (Lipinski definition) is 5. The number of nitrogens with zero attached hydrogens (tertiary/aromatic N) is 6. The van der Waals surface area contributed by atoms with Crippen molar-refractivity contribution in [3.8, 4) is 22.4 Å². The first kappa shape index (κ1) is 23.5. The largest absolute Gasteiger partial charge is 0.416 e. The van der Waals surface area contributed by atoms with Crippen LogP contribution in [-0.4, -0.2) is 35.8 Å². The van der Waals surface area contributed by atoms with Crippen LogP contribution in [0.5, 0.6) is 0 Å². The van der Waals surface area contributed by atoms with Gasteiger partial charge in [0, 0.05) is 49.9 Å². The summed E-state index contributed by atoms with van der Waals surface area (Å²) in [6.07, 6.45) is 3.41. The van der Waals surface area contributed by atoms with Crippen molar-refractivity contribution < 1.29 is 17.6 Å². The molecule has 7 nitrogen and oxygen atoms in total. The molecule has 0 saturated carbocycles. The van der Waals surface area contributed by atoms with Crippen LogP contribution in [0.25, 0.3) is 33.4 Å². The highest BCUT2D eigenvalue weighted by Crippen LogP contribution is 2.35. The Morgan fingerprint density at radius 2 is 1.81 bits per heavy atom. The molecule has 0 fully saturated rings. The molecule has 0 saturated heterocycles. The Bertz CT molecular complexity index is 1490. The Kier molecular flexibility index (Phi) is 6.13. The zero-order valence-electron chi connectivity index (χ0n) is 19.2. The summed E-state index contributed by atoms with van der Waals surface area (Å²) in [7, 11) is 1.77. The number of benzene rings is 2. The Morgan fingerprint density at radius 1 is 1.03 bits per heavy atom. The Hall–Kier alpha value is -4.28. The van der Waals surface area contributed by atoms with E-state index in [0.29, 0.717) is 35.0 Å². The molecular weight excluding hydrogens is 474 g/mol. The molecular formula is C25H21F4N7. The summed E-state index contributed by atoms with van der Waals surface area (Å²) < 4.78 is 57.1. The van der Waals surface area contributed by atoms with Crippen LogP contribution in [0.1, 0.15) is 12.0 Å². The smallest absolute Gasteiger partial charge is 0.354 e. The second-order valence-corrected chi connectivity index (χ2v) is 8.25. The van der Waals surface area contributed by atoms with E-state index in [0.717, 1.165) is 36.6 Å². The highest BCUT2D eigenvalue weighted by atomic mass is 19.4. The zero-order chi connectivity index (χ0) is 25.3. The van der Waals surface area contributed by atoms with E-state index in [2.05, 4.69) is 25.4 Å². The molecule has 0 unspecified atom stereocenters. The maximum absolute atomic E-state index is 14.3. The summed E-state index contributed by atoms with van der Waals surface area (Å²) in [4.78, 5) is 13.0. The van der Waals surface area contributed by atoms with Gasteiger partial charge in [-0.25, -0.2) is 19.0 Å². The van der Waals surface area contributed by atoms with Gasteiger partial charge in [-0.05, 0) is 30.2 Å². The third kappa shape index (κ3) is 4.77. The number of imidazole rings is 1. The summed E-state index contributed by atoms with van der Waals surface area (Å²) in [6.45, 7) is 1.51. The SMILES string of the molecule is Cn1nc(-c2ccc(-c3cc(C(F)(F)F)ccc3F)cc2)c2cnc(NCCCn3ccnc3)nc21. The van der Waals surface area contributed by atoms with Gasteiger partial charge in [-0.15, -0.1) is 0 Å². The van der Waals surface area contributed by atoms with Gasteiger partial charge in [0.2, 0.25) is 5.95 Å². The second-order valence-electron chi connectivity index (χ2n) is 8.25. The summed E-state index contributed by atoms with van der Waals surface area (Å²) >= 11 is 0. The predicted octanol–water partition coefficient (Wildman–Crippen LogP) is 5.55. The molecule has 3 heterocycles. The third-order valence-corrected chi connectivity index (χ3v) is 5.78. The van der Waals surface area contributed by atoms with Crippen molar-refractivity contribution in [3.05, 3.63) is 78.8 Å². The maximum Gasteiger partial charge on any atom is 0.416 e. The summed E-state index contributed by atoms with van der Waals surface area (Å²) in [5.74, 6) is -0.240. The van der Waals surface area contributed by atoms with E-state index in [1.54, 1.807) is 54.7 Å². The quantitative estimate of drug-likeness (QED) is 0.237. The fraction of sp³-hybridized carbons (Fsp3) is 0.200. The molecule has 184 valence electrons. The van der Waals surface area contributed by atoms with Crippen molar-refractivity contribution in [1.29, 1.82) is 0 Å². The van der Waals surface area contributed by atoms with Gasteiger partial charge in [0.25, 0.3) is 0 Å². The minimum absolute atomic E-state index is 0.116. The van der Waals surface area contributed by atoms with Gasteiger partial charge in [-0.3, -0.25) is 0 Å². The van der Waals surface area contributed by atoms with Gasteiger partial charge in [-0.2, -0.15) is 23.3 Å². The van der Waals surface area contributed by atoms with Crippen molar-refractivity contribution >= 4 is 17.0 Å². The van der Waals surface area contributed by atoms with E-state index < -0.39 is 17.6 Å². The molecule has 5 aromatic rings. The maximum atomic E-state index is 14.3. The van der Waals surface area contributed by atoms with Crippen LogP contribution in [0.2, 0.25) is 0 Å². The summed E-state index contributed by atoms with van der Waals surface area (Å²) in [6, 6.07) is 8.92. The van der Waals surface area contributed by atoms with Crippen molar-refractivity contribution in [2.24, 2.45) is 7.05 Å². The average molecular weight is 495 g/mol. The number of nitrogens with one attached hydrogen (secondary N) is 1. The molecule has 0 aliphatic carbocycles. The van der Waals surface area contributed by atoms with E-state index in [-0.39, 0.29) is 5.56 Å². The number of aryl methyl sites for hydroxylation is 2. The fourth-order valence-corrected chi connectivity index (χ4v) is 3.95. The molecule has 2 aromatic carbocycles. The number of hydrogen-bond donors (Lipinski definition) is 1. The molecule has 3 aromatic heterocycles. The zero-order valence-corrected chi connectivity index (χ0v) is 19.2. The molecule has 36 heavy (non-hydrogen) atoms. The topological polar surface area (TPSA) is 73.5 Å². The Balaban J connectivity index is 1.35. The van der Waals surface area contributed by atoms with Gasteiger partial charge < -0.3 is 9.88 Å². The lowest BCUT2D eigenvalue weighted by Crippen LogP contribution is -2.08. The van der Waals surface area contributed by atoms with Gasteiger partial charge in [-0.1, -0.05) is 24.3 Å².